The lowest BCUT2D eigenvalue weighted by molar-refractivity contribution is 0.962. The number of nitrogens with zero attached hydrogens (tertiary/aromatic N) is 1. The lowest BCUT2D eigenvalue weighted by Gasteiger charge is -1.96. The van der Waals surface area contributed by atoms with Crippen LogP contribution in [-0.4, -0.2) is 4.98 Å². The second-order valence-electron chi connectivity index (χ2n) is 2.87. The van der Waals surface area contributed by atoms with E-state index in [1.165, 1.54) is 12.0 Å². The molecule has 0 amide bonds. The first kappa shape index (κ1) is 8.98. The Hall–Kier alpha value is -1.11. The zero-order valence-corrected chi connectivity index (χ0v) is 7.75. The lowest BCUT2D eigenvalue weighted by atomic mass is 10.2. The number of unbranched alkanes of at least 4 members (excludes halogenated alkanes) is 1. The summed E-state index contributed by atoms with van der Waals surface area (Å²) in [6.45, 7) is 4.21. The lowest BCUT2D eigenvalue weighted by Crippen LogP contribution is -1.83. The van der Waals surface area contributed by atoms with Gasteiger partial charge in [0.25, 0.3) is 0 Å². The first-order chi connectivity index (χ1) is 5.84. The van der Waals surface area contributed by atoms with Crippen LogP contribution < -0.4 is 0 Å². The van der Waals surface area contributed by atoms with Crippen molar-refractivity contribution in [3.63, 3.8) is 0 Å². The summed E-state index contributed by atoms with van der Waals surface area (Å²) in [5, 5.41) is 0. The maximum Gasteiger partial charge on any atom is 0.0444 e. The molecular weight excluding hydrogens is 146 g/mol. The molecule has 1 heteroatoms. The first-order valence-electron chi connectivity index (χ1n) is 4.42. The van der Waals surface area contributed by atoms with E-state index in [2.05, 4.69) is 30.1 Å². The van der Waals surface area contributed by atoms with Crippen LogP contribution in [0.4, 0.5) is 0 Å². The van der Waals surface area contributed by atoms with Gasteiger partial charge in [-0.15, -0.1) is 0 Å². The molecule has 0 fully saturated rings. The topological polar surface area (TPSA) is 12.9 Å². The molecule has 0 aliphatic carbocycles. The van der Waals surface area contributed by atoms with Gasteiger partial charge in [0.05, 0.1) is 0 Å². The SMILES string of the molecule is CCC/C=C\c1cccnc1C. The zero-order chi connectivity index (χ0) is 8.81. The number of pyridine rings is 1. The molecule has 12 heavy (non-hydrogen) atoms. The van der Waals surface area contributed by atoms with Gasteiger partial charge in [-0.3, -0.25) is 4.98 Å². The molecule has 1 aromatic rings. The van der Waals surface area contributed by atoms with Gasteiger partial charge in [-0.2, -0.15) is 0 Å². The Morgan fingerprint density at radius 1 is 1.50 bits per heavy atom. The van der Waals surface area contributed by atoms with Gasteiger partial charge in [0.1, 0.15) is 0 Å². The molecule has 1 rings (SSSR count). The van der Waals surface area contributed by atoms with Gasteiger partial charge in [0, 0.05) is 11.9 Å². The molecule has 0 aromatic carbocycles. The summed E-state index contributed by atoms with van der Waals surface area (Å²) in [7, 11) is 0. The molecule has 0 atom stereocenters. The predicted molar refractivity (Wildman–Crippen MR) is 52.9 cm³/mol. The molecule has 0 aliphatic rings. The van der Waals surface area contributed by atoms with Crippen molar-refractivity contribution in [1.29, 1.82) is 0 Å². The van der Waals surface area contributed by atoms with E-state index in [9.17, 15) is 0 Å². The third-order valence-electron chi connectivity index (χ3n) is 1.80. The van der Waals surface area contributed by atoms with Crippen molar-refractivity contribution in [3.8, 4) is 0 Å². The molecule has 1 heterocycles. The van der Waals surface area contributed by atoms with Crippen LogP contribution in [0.1, 0.15) is 31.0 Å². The summed E-state index contributed by atoms with van der Waals surface area (Å²) < 4.78 is 0. The minimum absolute atomic E-state index is 1.10. The van der Waals surface area contributed by atoms with E-state index in [1.54, 1.807) is 0 Å². The highest BCUT2D eigenvalue weighted by Gasteiger charge is 1.90. The Labute approximate surface area is 74.2 Å². The number of aromatic nitrogens is 1. The number of hydrogen-bond acceptors (Lipinski definition) is 1. The van der Waals surface area contributed by atoms with Gasteiger partial charge < -0.3 is 0 Å². The Balaban J connectivity index is 2.68. The van der Waals surface area contributed by atoms with Crippen LogP contribution in [0.25, 0.3) is 6.08 Å². The number of hydrogen-bond donors (Lipinski definition) is 0. The second kappa shape index (κ2) is 4.70. The summed E-state index contributed by atoms with van der Waals surface area (Å²) in [4.78, 5) is 4.21. The van der Waals surface area contributed by atoms with Gasteiger partial charge in [-0.1, -0.05) is 31.6 Å². The zero-order valence-electron chi connectivity index (χ0n) is 7.75. The molecule has 1 nitrogen and oxygen atoms in total. The fraction of sp³-hybridized carbons (Fsp3) is 0.364. The quantitative estimate of drug-likeness (QED) is 0.663. The van der Waals surface area contributed by atoms with Crippen molar-refractivity contribution in [3.05, 3.63) is 35.7 Å². The number of allylic oxidation sites excluding steroid dienone is 1. The van der Waals surface area contributed by atoms with Crippen molar-refractivity contribution in [2.45, 2.75) is 26.7 Å². The van der Waals surface area contributed by atoms with E-state index in [-0.39, 0.29) is 0 Å². The molecule has 0 radical (unpaired) electrons. The maximum atomic E-state index is 4.21. The largest absolute Gasteiger partial charge is 0.261 e. The summed E-state index contributed by atoms with van der Waals surface area (Å²) in [6.07, 6.45) is 8.52. The van der Waals surface area contributed by atoms with Crippen molar-refractivity contribution >= 4 is 6.08 Å². The average Bonchev–Trinajstić information content (AvgIpc) is 2.09. The van der Waals surface area contributed by atoms with Gasteiger partial charge in [0.2, 0.25) is 0 Å². The molecule has 0 saturated carbocycles. The highest BCUT2D eigenvalue weighted by Crippen LogP contribution is 2.06. The maximum absolute atomic E-state index is 4.21. The fourth-order valence-corrected chi connectivity index (χ4v) is 1.05. The molecule has 0 aliphatic heterocycles. The van der Waals surface area contributed by atoms with Crippen LogP contribution in [0.3, 0.4) is 0 Å². The summed E-state index contributed by atoms with van der Waals surface area (Å²) in [5.41, 5.74) is 2.33. The molecule has 0 bridgehead atoms. The van der Waals surface area contributed by atoms with Crippen LogP contribution in [0, 0.1) is 6.92 Å². The van der Waals surface area contributed by atoms with Gasteiger partial charge >= 0.3 is 0 Å². The average molecular weight is 161 g/mol. The van der Waals surface area contributed by atoms with Crippen LogP contribution in [0.5, 0.6) is 0 Å². The van der Waals surface area contributed by atoms with E-state index < -0.39 is 0 Å². The summed E-state index contributed by atoms with van der Waals surface area (Å²) in [5.74, 6) is 0. The number of rotatable bonds is 3. The molecule has 0 unspecified atom stereocenters. The standard InChI is InChI=1S/C11H15N/c1-3-4-5-7-11-8-6-9-12-10(11)2/h5-9H,3-4H2,1-2H3/b7-5-. The Morgan fingerprint density at radius 3 is 3.00 bits per heavy atom. The highest BCUT2D eigenvalue weighted by atomic mass is 14.7. The molecule has 0 spiro atoms. The summed E-state index contributed by atoms with van der Waals surface area (Å²) in [6, 6.07) is 4.06. The first-order valence-corrected chi connectivity index (χ1v) is 4.42. The normalized spacial score (nSPS) is 10.8. The van der Waals surface area contributed by atoms with E-state index in [1.807, 2.05) is 19.2 Å². The van der Waals surface area contributed by atoms with Crippen LogP contribution >= 0.6 is 0 Å². The van der Waals surface area contributed by atoms with E-state index in [0.717, 1.165) is 12.1 Å². The number of aryl methyl sites for hydroxylation is 1. The highest BCUT2D eigenvalue weighted by molar-refractivity contribution is 5.50. The minimum Gasteiger partial charge on any atom is -0.261 e. The van der Waals surface area contributed by atoms with Gasteiger partial charge in [-0.05, 0) is 25.0 Å². The molecular formula is C11H15N. The molecule has 64 valence electrons. The van der Waals surface area contributed by atoms with Crippen LogP contribution in [0.15, 0.2) is 24.4 Å². The van der Waals surface area contributed by atoms with Gasteiger partial charge in [-0.25, -0.2) is 0 Å². The van der Waals surface area contributed by atoms with E-state index >= 15 is 0 Å². The Bertz CT molecular complexity index is 263. The van der Waals surface area contributed by atoms with Crippen molar-refractivity contribution in [2.75, 3.05) is 0 Å². The molecule has 0 N–H and O–H groups in total. The smallest absolute Gasteiger partial charge is 0.0444 e. The monoisotopic (exact) mass is 161 g/mol. The predicted octanol–water partition coefficient (Wildman–Crippen LogP) is 3.20. The fourth-order valence-electron chi connectivity index (χ4n) is 1.05. The Morgan fingerprint density at radius 2 is 2.33 bits per heavy atom. The van der Waals surface area contributed by atoms with Crippen LogP contribution in [0.2, 0.25) is 0 Å². The Kier molecular flexibility index (Phi) is 3.52. The van der Waals surface area contributed by atoms with Crippen molar-refractivity contribution in [2.24, 2.45) is 0 Å². The third-order valence-corrected chi connectivity index (χ3v) is 1.80. The molecule has 1 aromatic heterocycles. The van der Waals surface area contributed by atoms with Gasteiger partial charge in [0.15, 0.2) is 0 Å². The van der Waals surface area contributed by atoms with Crippen molar-refractivity contribution < 1.29 is 0 Å². The van der Waals surface area contributed by atoms with E-state index in [0.29, 0.717) is 0 Å². The second-order valence-corrected chi connectivity index (χ2v) is 2.87. The minimum atomic E-state index is 1.10. The summed E-state index contributed by atoms with van der Waals surface area (Å²) >= 11 is 0. The van der Waals surface area contributed by atoms with E-state index in [4.69, 9.17) is 0 Å². The van der Waals surface area contributed by atoms with Crippen LogP contribution in [-0.2, 0) is 0 Å². The third kappa shape index (κ3) is 2.50. The molecule has 0 saturated heterocycles. The van der Waals surface area contributed by atoms with Crippen molar-refractivity contribution in [1.82, 2.24) is 4.98 Å².